The van der Waals surface area contributed by atoms with Gasteiger partial charge in [-0.05, 0) is 61.0 Å². The summed E-state index contributed by atoms with van der Waals surface area (Å²) in [4.78, 5) is 44.4. The number of aromatic nitrogens is 1. The number of ether oxygens (including phenoxy) is 2. The Morgan fingerprint density at radius 1 is 0.971 bits per heavy atom. The van der Waals surface area contributed by atoms with Crippen LogP contribution < -0.4 is 14.8 Å². The molecule has 0 unspecified atom stereocenters. The Balaban J connectivity index is 1.33. The summed E-state index contributed by atoms with van der Waals surface area (Å²) in [6, 6.07) is 17.2. The molecule has 1 N–H and O–H groups in total. The van der Waals surface area contributed by atoms with Gasteiger partial charge in [0.25, 0.3) is 17.7 Å². The van der Waals surface area contributed by atoms with Gasteiger partial charge in [0.15, 0.2) is 5.13 Å². The van der Waals surface area contributed by atoms with Crippen LogP contribution in [-0.4, -0.2) is 41.3 Å². The summed E-state index contributed by atoms with van der Waals surface area (Å²) in [5.41, 5.74) is 2.30. The largest absolute Gasteiger partial charge is 0.497 e. The number of fused-ring (bicyclic) bond motifs is 2. The van der Waals surface area contributed by atoms with Crippen LogP contribution in [0.5, 0.6) is 11.5 Å². The second kappa shape index (κ2) is 9.19. The zero-order valence-corrected chi connectivity index (χ0v) is 19.8. The molecule has 0 saturated heterocycles. The average molecular weight is 488 g/mol. The number of hydrogen-bond acceptors (Lipinski definition) is 7. The first kappa shape index (κ1) is 22.5. The Hall–Kier alpha value is -4.24. The molecule has 0 bridgehead atoms. The highest BCUT2D eigenvalue weighted by atomic mass is 32.1. The van der Waals surface area contributed by atoms with Gasteiger partial charge in [-0.1, -0.05) is 23.5 Å². The van der Waals surface area contributed by atoms with Crippen LogP contribution in [0.25, 0.3) is 10.2 Å². The van der Waals surface area contributed by atoms with Crippen molar-refractivity contribution < 1.29 is 23.9 Å². The predicted octanol–water partition coefficient (Wildman–Crippen LogP) is 4.75. The number of nitrogens with zero attached hydrogens (tertiary/aromatic N) is 2. The molecular weight excluding hydrogens is 466 g/mol. The first-order valence-electron chi connectivity index (χ1n) is 10.9. The molecule has 0 radical (unpaired) electrons. The predicted molar refractivity (Wildman–Crippen MR) is 132 cm³/mol. The molecule has 3 aromatic carbocycles. The summed E-state index contributed by atoms with van der Waals surface area (Å²) in [5.74, 6) is 0.200. The second-order valence-corrected chi connectivity index (χ2v) is 8.87. The lowest BCUT2D eigenvalue weighted by atomic mass is 10.1. The molecule has 4 aromatic rings. The second-order valence-electron chi connectivity index (χ2n) is 7.84. The Kier molecular flexibility index (Phi) is 5.92. The van der Waals surface area contributed by atoms with Crippen molar-refractivity contribution >= 4 is 44.4 Å². The molecule has 1 aliphatic heterocycles. The molecule has 2 heterocycles. The summed E-state index contributed by atoms with van der Waals surface area (Å²) in [5, 5.41) is 3.22. The maximum absolute atomic E-state index is 13.0. The van der Waals surface area contributed by atoms with Gasteiger partial charge in [0, 0.05) is 5.56 Å². The topological polar surface area (TPSA) is 97.8 Å². The van der Waals surface area contributed by atoms with Crippen LogP contribution in [0.15, 0.2) is 60.7 Å². The maximum Gasteiger partial charge on any atom is 0.261 e. The van der Waals surface area contributed by atoms with Crippen LogP contribution in [0.2, 0.25) is 0 Å². The molecule has 0 atom stereocenters. The van der Waals surface area contributed by atoms with Gasteiger partial charge in [-0.25, -0.2) is 4.98 Å². The van der Waals surface area contributed by atoms with Gasteiger partial charge in [0.05, 0.1) is 41.6 Å². The monoisotopic (exact) mass is 487 g/mol. The highest BCUT2D eigenvalue weighted by Gasteiger charge is 2.36. The minimum atomic E-state index is -0.432. The zero-order valence-electron chi connectivity index (χ0n) is 19.0. The molecule has 1 aromatic heterocycles. The van der Waals surface area contributed by atoms with Gasteiger partial charge >= 0.3 is 0 Å². The molecule has 176 valence electrons. The van der Waals surface area contributed by atoms with Gasteiger partial charge in [0.2, 0.25) is 0 Å². The molecule has 3 amide bonds. The number of carbonyl (C=O) groups is 3. The molecule has 0 spiro atoms. The number of benzene rings is 3. The van der Waals surface area contributed by atoms with Crippen LogP contribution in [0.4, 0.5) is 5.13 Å². The van der Waals surface area contributed by atoms with E-state index in [1.54, 1.807) is 31.4 Å². The minimum absolute atomic E-state index is 0.132. The van der Waals surface area contributed by atoms with E-state index in [1.807, 2.05) is 25.1 Å². The van der Waals surface area contributed by atoms with Crippen molar-refractivity contribution in [2.24, 2.45) is 0 Å². The number of nitrogens with one attached hydrogen (secondary N) is 1. The summed E-state index contributed by atoms with van der Waals surface area (Å²) in [6.07, 6.45) is 0. The SMILES string of the molecule is CCOc1ccc2nc(NC(=O)c3ccc4c(c3)C(=O)N(Cc3ccc(OC)cc3)C4=O)sc2c1. The number of anilines is 1. The lowest BCUT2D eigenvalue weighted by Crippen LogP contribution is -2.29. The minimum Gasteiger partial charge on any atom is -0.497 e. The lowest BCUT2D eigenvalue weighted by molar-refractivity contribution is 0.0642. The summed E-state index contributed by atoms with van der Waals surface area (Å²) in [7, 11) is 1.57. The quantitative estimate of drug-likeness (QED) is 0.378. The third-order valence-corrected chi connectivity index (χ3v) is 6.56. The number of imide groups is 1. The van der Waals surface area contributed by atoms with E-state index >= 15 is 0 Å². The van der Waals surface area contributed by atoms with Crippen LogP contribution >= 0.6 is 11.3 Å². The molecular formula is C26H21N3O5S. The van der Waals surface area contributed by atoms with E-state index < -0.39 is 11.8 Å². The maximum atomic E-state index is 13.0. The van der Waals surface area contributed by atoms with Crippen LogP contribution in [0.1, 0.15) is 43.6 Å². The molecule has 35 heavy (non-hydrogen) atoms. The molecule has 9 heteroatoms. The molecule has 0 saturated carbocycles. The van der Waals surface area contributed by atoms with E-state index in [0.717, 1.165) is 21.5 Å². The van der Waals surface area contributed by atoms with Crippen molar-refractivity contribution in [2.45, 2.75) is 13.5 Å². The third-order valence-electron chi connectivity index (χ3n) is 5.62. The van der Waals surface area contributed by atoms with Crippen molar-refractivity contribution in [1.82, 2.24) is 9.88 Å². The van der Waals surface area contributed by atoms with Crippen molar-refractivity contribution in [2.75, 3.05) is 19.0 Å². The number of carbonyl (C=O) groups excluding carboxylic acids is 3. The lowest BCUT2D eigenvalue weighted by Gasteiger charge is -2.14. The molecule has 8 nitrogen and oxygen atoms in total. The summed E-state index contributed by atoms with van der Waals surface area (Å²) >= 11 is 1.33. The van der Waals surface area contributed by atoms with Gasteiger partial charge in [-0.2, -0.15) is 0 Å². The zero-order chi connectivity index (χ0) is 24.5. The van der Waals surface area contributed by atoms with Gasteiger partial charge in [-0.3, -0.25) is 24.6 Å². The van der Waals surface area contributed by atoms with Crippen LogP contribution in [0.3, 0.4) is 0 Å². The molecule has 1 aliphatic rings. The Morgan fingerprint density at radius 3 is 2.46 bits per heavy atom. The van der Waals surface area contributed by atoms with Crippen molar-refractivity contribution in [3.05, 3.63) is 82.9 Å². The average Bonchev–Trinajstić information content (AvgIpc) is 3.37. The summed E-state index contributed by atoms with van der Waals surface area (Å²) in [6.45, 7) is 2.61. The first-order valence-corrected chi connectivity index (χ1v) is 11.8. The van der Waals surface area contributed by atoms with Crippen LogP contribution in [-0.2, 0) is 6.54 Å². The van der Waals surface area contributed by atoms with E-state index in [-0.39, 0.29) is 29.1 Å². The van der Waals surface area contributed by atoms with E-state index in [0.29, 0.717) is 17.5 Å². The fraction of sp³-hybridized carbons (Fsp3) is 0.154. The van der Waals surface area contributed by atoms with Crippen molar-refractivity contribution in [3.63, 3.8) is 0 Å². The highest BCUT2D eigenvalue weighted by molar-refractivity contribution is 7.22. The van der Waals surface area contributed by atoms with Crippen molar-refractivity contribution in [1.29, 1.82) is 0 Å². The summed E-state index contributed by atoms with van der Waals surface area (Å²) < 4.78 is 11.5. The normalized spacial score (nSPS) is 12.7. The van der Waals surface area contributed by atoms with Gasteiger partial charge in [-0.15, -0.1) is 0 Å². The first-order chi connectivity index (χ1) is 17.0. The number of thiazole rings is 1. The fourth-order valence-electron chi connectivity index (χ4n) is 3.87. The van der Waals surface area contributed by atoms with E-state index in [9.17, 15) is 14.4 Å². The molecule has 5 rings (SSSR count). The highest BCUT2D eigenvalue weighted by Crippen LogP contribution is 2.30. The third kappa shape index (κ3) is 4.33. The van der Waals surface area contributed by atoms with Crippen LogP contribution in [0, 0.1) is 0 Å². The number of rotatable bonds is 7. The van der Waals surface area contributed by atoms with Gasteiger partial charge in [0.1, 0.15) is 11.5 Å². The Labute approximate surface area is 205 Å². The number of hydrogen-bond donors (Lipinski definition) is 1. The van der Waals surface area contributed by atoms with Crippen molar-refractivity contribution in [3.8, 4) is 11.5 Å². The number of methoxy groups -OCH3 is 1. The Morgan fingerprint density at radius 2 is 1.71 bits per heavy atom. The van der Waals surface area contributed by atoms with E-state index in [4.69, 9.17) is 9.47 Å². The molecule has 0 aliphatic carbocycles. The molecule has 0 fully saturated rings. The van der Waals surface area contributed by atoms with E-state index in [2.05, 4.69) is 10.3 Å². The van der Waals surface area contributed by atoms with Gasteiger partial charge < -0.3 is 9.47 Å². The standard InChI is InChI=1S/C26H21N3O5S/c1-3-34-18-9-11-21-22(13-18)35-26(27-21)28-23(30)16-6-10-19-20(12-16)25(32)29(24(19)31)14-15-4-7-17(33-2)8-5-15/h4-13H,3,14H2,1-2H3,(H,27,28,30). The number of amides is 3. The van der Waals surface area contributed by atoms with E-state index in [1.165, 1.54) is 34.4 Å². The Bertz CT molecular complexity index is 1460. The fourth-order valence-corrected chi connectivity index (χ4v) is 4.76. The smallest absolute Gasteiger partial charge is 0.261 e.